The Kier molecular flexibility index (Phi) is 5.01. The highest BCUT2D eigenvalue weighted by atomic mass is 79.9. The summed E-state index contributed by atoms with van der Waals surface area (Å²) in [7, 11) is 0. The molecule has 1 fully saturated rings. The molecule has 1 aromatic carbocycles. The number of hydrogen-bond acceptors (Lipinski definition) is 2. The first-order chi connectivity index (χ1) is 8.24. The molecule has 1 aromatic rings. The van der Waals surface area contributed by atoms with Crippen molar-refractivity contribution in [1.82, 2.24) is 10.6 Å². The molecular formula is C14H21BrN2. The summed E-state index contributed by atoms with van der Waals surface area (Å²) < 4.78 is 1.17. The second-order valence-corrected chi connectivity index (χ2v) is 5.81. The van der Waals surface area contributed by atoms with Gasteiger partial charge in [0.2, 0.25) is 0 Å². The average molecular weight is 297 g/mol. The van der Waals surface area contributed by atoms with Crippen molar-refractivity contribution in [3.63, 3.8) is 0 Å². The van der Waals surface area contributed by atoms with Crippen molar-refractivity contribution in [2.24, 2.45) is 0 Å². The van der Waals surface area contributed by atoms with Gasteiger partial charge in [-0.25, -0.2) is 0 Å². The molecular weight excluding hydrogens is 276 g/mol. The Labute approximate surface area is 112 Å². The van der Waals surface area contributed by atoms with Gasteiger partial charge in [0.05, 0.1) is 0 Å². The second kappa shape index (κ2) is 6.53. The van der Waals surface area contributed by atoms with Crippen LogP contribution in [0.1, 0.15) is 30.4 Å². The Morgan fingerprint density at radius 1 is 1.24 bits per heavy atom. The SMILES string of the molecule is Cc1cc(Br)cc(CNCCCNC2CC2)c1. The molecule has 0 aromatic heterocycles. The fourth-order valence-electron chi connectivity index (χ4n) is 1.95. The quantitative estimate of drug-likeness (QED) is 0.756. The van der Waals surface area contributed by atoms with E-state index < -0.39 is 0 Å². The first-order valence-electron chi connectivity index (χ1n) is 6.44. The third kappa shape index (κ3) is 5.19. The summed E-state index contributed by atoms with van der Waals surface area (Å²) >= 11 is 3.53. The van der Waals surface area contributed by atoms with Gasteiger partial charge in [-0.05, 0) is 62.5 Å². The molecule has 0 aliphatic heterocycles. The van der Waals surface area contributed by atoms with Gasteiger partial charge < -0.3 is 10.6 Å². The highest BCUT2D eigenvalue weighted by Gasteiger charge is 2.19. The zero-order chi connectivity index (χ0) is 12.1. The van der Waals surface area contributed by atoms with E-state index in [4.69, 9.17) is 0 Å². The highest BCUT2D eigenvalue weighted by Crippen LogP contribution is 2.18. The first-order valence-corrected chi connectivity index (χ1v) is 7.23. The molecule has 2 rings (SSSR count). The molecule has 0 saturated heterocycles. The van der Waals surface area contributed by atoms with E-state index in [-0.39, 0.29) is 0 Å². The van der Waals surface area contributed by atoms with Crippen molar-refractivity contribution in [2.75, 3.05) is 13.1 Å². The van der Waals surface area contributed by atoms with E-state index in [2.05, 4.69) is 51.7 Å². The third-order valence-electron chi connectivity index (χ3n) is 2.97. The molecule has 0 unspecified atom stereocenters. The zero-order valence-corrected chi connectivity index (χ0v) is 12.0. The first kappa shape index (κ1) is 13.1. The maximum absolute atomic E-state index is 3.53. The van der Waals surface area contributed by atoms with Crippen LogP contribution in [0.4, 0.5) is 0 Å². The minimum Gasteiger partial charge on any atom is -0.314 e. The van der Waals surface area contributed by atoms with Crippen LogP contribution in [-0.4, -0.2) is 19.1 Å². The van der Waals surface area contributed by atoms with Gasteiger partial charge in [-0.2, -0.15) is 0 Å². The van der Waals surface area contributed by atoms with Gasteiger partial charge >= 0.3 is 0 Å². The number of benzene rings is 1. The molecule has 1 saturated carbocycles. The number of halogens is 1. The topological polar surface area (TPSA) is 24.1 Å². The molecule has 1 aliphatic rings. The zero-order valence-electron chi connectivity index (χ0n) is 10.4. The van der Waals surface area contributed by atoms with Gasteiger partial charge in [0, 0.05) is 17.1 Å². The summed E-state index contributed by atoms with van der Waals surface area (Å²) in [5.74, 6) is 0. The maximum atomic E-state index is 3.53. The van der Waals surface area contributed by atoms with Crippen molar-refractivity contribution in [1.29, 1.82) is 0 Å². The number of rotatable bonds is 7. The lowest BCUT2D eigenvalue weighted by atomic mass is 10.1. The predicted molar refractivity (Wildman–Crippen MR) is 76.2 cm³/mol. The molecule has 0 atom stereocenters. The lowest BCUT2D eigenvalue weighted by molar-refractivity contribution is 0.593. The summed E-state index contributed by atoms with van der Waals surface area (Å²) in [6.45, 7) is 5.33. The van der Waals surface area contributed by atoms with E-state index in [1.807, 2.05) is 0 Å². The fraction of sp³-hybridized carbons (Fsp3) is 0.571. The number of hydrogen-bond donors (Lipinski definition) is 2. The molecule has 2 nitrogen and oxygen atoms in total. The van der Waals surface area contributed by atoms with Gasteiger partial charge in [-0.3, -0.25) is 0 Å². The van der Waals surface area contributed by atoms with Crippen LogP contribution in [0, 0.1) is 6.92 Å². The normalized spacial score (nSPS) is 15.2. The van der Waals surface area contributed by atoms with Gasteiger partial charge in [0.15, 0.2) is 0 Å². The minimum absolute atomic E-state index is 0.836. The summed E-state index contributed by atoms with van der Waals surface area (Å²) in [4.78, 5) is 0. The van der Waals surface area contributed by atoms with Crippen molar-refractivity contribution in [2.45, 2.75) is 38.8 Å². The van der Waals surface area contributed by atoms with E-state index in [0.717, 1.165) is 25.7 Å². The van der Waals surface area contributed by atoms with Gasteiger partial charge in [-0.15, -0.1) is 0 Å². The van der Waals surface area contributed by atoms with Crippen LogP contribution in [-0.2, 0) is 6.54 Å². The Morgan fingerprint density at radius 3 is 2.76 bits per heavy atom. The van der Waals surface area contributed by atoms with Crippen LogP contribution in [0.15, 0.2) is 22.7 Å². The average Bonchev–Trinajstić information content (AvgIpc) is 3.05. The molecule has 1 aliphatic carbocycles. The van der Waals surface area contributed by atoms with Crippen molar-refractivity contribution < 1.29 is 0 Å². The lowest BCUT2D eigenvalue weighted by Crippen LogP contribution is -2.23. The van der Waals surface area contributed by atoms with Crippen molar-refractivity contribution in [3.8, 4) is 0 Å². The summed E-state index contributed by atoms with van der Waals surface area (Å²) in [6, 6.07) is 7.40. The van der Waals surface area contributed by atoms with Gasteiger partial charge in [0.25, 0.3) is 0 Å². The smallest absolute Gasteiger partial charge is 0.0206 e. The predicted octanol–water partition coefficient (Wildman–Crippen LogP) is 2.99. The molecule has 94 valence electrons. The molecule has 0 heterocycles. The molecule has 0 amide bonds. The van der Waals surface area contributed by atoms with E-state index in [9.17, 15) is 0 Å². The summed E-state index contributed by atoms with van der Waals surface area (Å²) in [5, 5.41) is 7.02. The third-order valence-corrected chi connectivity index (χ3v) is 3.43. The van der Waals surface area contributed by atoms with Crippen LogP contribution in [0.2, 0.25) is 0 Å². The molecule has 17 heavy (non-hydrogen) atoms. The van der Waals surface area contributed by atoms with Crippen LogP contribution in [0.25, 0.3) is 0 Å². The van der Waals surface area contributed by atoms with Gasteiger partial charge in [-0.1, -0.05) is 22.0 Å². The number of aryl methyl sites for hydroxylation is 1. The minimum atomic E-state index is 0.836. The summed E-state index contributed by atoms with van der Waals surface area (Å²) in [6.07, 6.45) is 3.97. The second-order valence-electron chi connectivity index (χ2n) is 4.90. The fourth-order valence-corrected chi connectivity index (χ4v) is 2.61. The molecule has 0 radical (unpaired) electrons. The maximum Gasteiger partial charge on any atom is 0.0206 e. The Bertz CT molecular complexity index is 341. The lowest BCUT2D eigenvalue weighted by Gasteiger charge is -2.07. The largest absolute Gasteiger partial charge is 0.314 e. The van der Waals surface area contributed by atoms with Crippen molar-refractivity contribution >= 4 is 15.9 Å². The number of nitrogens with one attached hydrogen (secondary N) is 2. The van der Waals surface area contributed by atoms with Crippen LogP contribution in [0.3, 0.4) is 0 Å². The molecule has 0 bridgehead atoms. The molecule has 0 spiro atoms. The van der Waals surface area contributed by atoms with Crippen LogP contribution in [0.5, 0.6) is 0 Å². The Morgan fingerprint density at radius 2 is 2.06 bits per heavy atom. The standard InChI is InChI=1S/C14H21BrN2/c1-11-7-12(9-13(15)8-11)10-16-5-2-6-17-14-3-4-14/h7-9,14,16-17H,2-6,10H2,1H3. The van der Waals surface area contributed by atoms with E-state index in [1.54, 1.807) is 0 Å². The van der Waals surface area contributed by atoms with E-state index in [0.29, 0.717) is 0 Å². The molecule has 2 N–H and O–H groups in total. The Balaban J connectivity index is 1.59. The van der Waals surface area contributed by atoms with Gasteiger partial charge in [0.1, 0.15) is 0 Å². The Hall–Kier alpha value is -0.380. The highest BCUT2D eigenvalue weighted by molar-refractivity contribution is 9.10. The van der Waals surface area contributed by atoms with E-state index >= 15 is 0 Å². The monoisotopic (exact) mass is 296 g/mol. The van der Waals surface area contributed by atoms with Crippen LogP contribution >= 0.6 is 15.9 Å². The van der Waals surface area contributed by atoms with Crippen molar-refractivity contribution in [3.05, 3.63) is 33.8 Å². The molecule has 3 heteroatoms. The van der Waals surface area contributed by atoms with E-state index in [1.165, 1.54) is 34.9 Å². The van der Waals surface area contributed by atoms with Crippen LogP contribution < -0.4 is 10.6 Å². The summed E-state index contributed by atoms with van der Waals surface area (Å²) in [5.41, 5.74) is 2.67.